The van der Waals surface area contributed by atoms with E-state index in [1.807, 2.05) is 0 Å². The number of rotatable bonds is 13. The highest BCUT2D eigenvalue weighted by Gasteiger charge is 2.00. The van der Waals surface area contributed by atoms with Gasteiger partial charge in [-0.2, -0.15) is 0 Å². The molecule has 0 aromatic carbocycles. The molecule has 0 rings (SSSR count). The second kappa shape index (κ2) is 13.9. The van der Waals surface area contributed by atoms with Crippen LogP contribution in [0.5, 0.6) is 0 Å². The van der Waals surface area contributed by atoms with Crippen LogP contribution in [-0.4, -0.2) is 49.4 Å². The number of hydrogen-bond acceptors (Lipinski definition) is 4. The molecule has 0 aromatic heterocycles. The molecule has 0 aliphatic heterocycles. The van der Waals surface area contributed by atoms with Crippen LogP contribution in [0.2, 0.25) is 0 Å². The van der Waals surface area contributed by atoms with E-state index in [0.717, 1.165) is 13.0 Å². The topological polar surface area (TPSA) is 58.9 Å². The fourth-order valence-electron chi connectivity index (χ4n) is 1.48. The minimum Gasteiger partial charge on any atom is -0.394 e. The minimum atomic E-state index is -0.770. The Bertz CT molecular complexity index is 141. The molecular formula is C13H28O4. The average Bonchev–Trinajstić information content (AvgIpc) is 2.35. The quantitative estimate of drug-likeness (QED) is 0.487. The van der Waals surface area contributed by atoms with Crippen LogP contribution in [0.15, 0.2) is 0 Å². The van der Waals surface area contributed by atoms with Crippen molar-refractivity contribution in [2.45, 2.75) is 51.6 Å². The first kappa shape index (κ1) is 16.8. The highest BCUT2D eigenvalue weighted by Crippen LogP contribution is 2.04. The lowest BCUT2D eigenvalue weighted by Crippen LogP contribution is -2.20. The summed E-state index contributed by atoms with van der Waals surface area (Å²) in [5.74, 6) is 0. The zero-order valence-electron chi connectivity index (χ0n) is 11.1. The Morgan fingerprint density at radius 3 is 2.24 bits per heavy atom. The molecule has 0 fully saturated rings. The predicted octanol–water partition coefficient (Wildman–Crippen LogP) is 1.73. The van der Waals surface area contributed by atoms with Gasteiger partial charge in [0.1, 0.15) is 6.10 Å². The molecule has 0 spiro atoms. The number of aliphatic hydroxyl groups excluding tert-OH is 2. The van der Waals surface area contributed by atoms with Crippen molar-refractivity contribution in [1.82, 2.24) is 0 Å². The van der Waals surface area contributed by atoms with Crippen LogP contribution >= 0.6 is 0 Å². The maximum atomic E-state index is 8.99. The largest absolute Gasteiger partial charge is 0.394 e. The van der Waals surface area contributed by atoms with Crippen LogP contribution in [0.4, 0.5) is 0 Å². The van der Waals surface area contributed by atoms with Crippen LogP contribution in [0.1, 0.15) is 45.4 Å². The van der Waals surface area contributed by atoms with E-state index in [2.05, 4.69) is 6.92 Å². The van der Waals surface area contributed by atoms with E-state index in [0.29, 0.717) is 13.2 Å². The van der Waals surface area contributed by atoms with Crippen molar-refractivity contribution in [3.63, 3.8) is 0 Å². The van der Waals surface area contributed by atoms with Crippen molar-refractivity contribution in [3.8, 4) is 0 Å². The molecule has 4 heteroatoms. The molecule has 1 unspecified atom stereocenters. The van der Waals surface area contributed by atoms with Gasteiger partial charge >= 0.3 is 0 Å². The maximum absolute atomic E-state index is 8.99. The maximum Gasteiger partial charge on any atom is 0.100 e. The minimum absolute atomic E-state index is 0.177. The summed E-state index contributed by atoms with van der Waals surface area (Å²) in [7, 11) is 0. The monoisotopic (exact) mass is 248 g/mol. The Kier molecular flexibility index (Phi) is 13.8. The normalized spacial score (nSPS) is 12.9. The molecule has 0 amide bonds. The third-order valence-corrected chi connectivity index (χ3v) is 2.54. The van der Waals surface area contributed by atoms with Crippen molar-refractivity contribution in [2.24, 2.45) is 0 Å². The number of aliphatic hydroxyl groups is 2. The molecule has 2 N–H and O–H groups in total. The molecule has 0 aromatic rings. The summed E-state index contributed by atoms with van der Waals surface area (Å²) in [6, 6.07) is 0. The van der Waals surface area contributed by atoms with Crippen molar-refractivity contribution in [1.29, 1.82) is 0 Å². The molecule has 0 bridgehead atoms. The van der Waals surface area contributed by atoms with Gasteiger partial charge in [0.15, 0.2) is 0 Å². The van der Waals surface area contributed by atoms with E-state index >= 15 is 0 Å². The second-order valence-corrected chi connectivity index (χ2v) is 4.29. The summed E-state index contributed by atoms with van der Waals surface area (Å²) in [5.41, 5.74) is 0. The molecule has 104 valence electrons. The fourth-order valence-corrected chi connectivity index (χ4v) is 1.48. The van der Waals surface area contributed by atoms with Gasteiger partial charge in [0.05, 0.1) is 26.4 Å². The zero-order chi connectivity index (χ0) is 12.8. The molecule has 1 atom stereocenters. The lowest BCUT2D eigenvalue weighted by Gasteiger charge is -2.08. The molecule has 0 heterocycles. The van der Waals surface area contributed by atoms with Gasteiger partial charge in [-0.25, -0.2) is 0 Å². The van der Waals surface area contributed by atoms with Crippen LogP contribution in [-0.2, 0) is 9.47 Å². The van der Waals surface area contributed by atoms with E-state index in [9.17, 15) is 0 Å². The van der Waals surface area contributed by atoms with Gasteiger partial charge in [-0.05, 0) is 6.42 Å². The third-order valence-electron chi connectivity index (χ3n) is 2.54. The highest BCUT2D eigenvalue weighted by atomic mass is 16.5. The van der Waals surface area contributed by atoms with Gasteiger partial charge in [0.2, 0.25) is 0 Å². The Morgan fingerprint density at radius 2 is 1.53 bits per heavy atom. The summed E-state index contributed by atoms with van der Waals surface area (Å²) in [4.78, 5) is 0. The molecule has 0 saturated carbocycles. The molecular weight excluding hydrogens is 220 g/mol. The van der Waals surface area contributed by atoms with Gasteiger partial charge in [0.25, 0.3) is 0 Å². The van der Waals surface area contributed by atoms with Gasteiger partial charge in [0, 0.05) is 6.61 Å². The molecule has 0 aliphatic rings. The molecule has 0 aliphatic carbocycles. The van der Waals surface area contributed by atoms with E-state index in [1.54, 1.807) is 0 Å². The number of hydrogen-bond donors (Lipinski definition) is 2. The van der Waals surface area contributed by atoms with Crippen molar-refractivity contribution < 1.29 is 19.7 Å². The number of unbranched alkanes of at least 4 members (excludes halogenated alkanes) is 5. The zero-order valence-corrected chi connectivity index (χ0v) is 11.1. The van der Waals surface area contributed by atoms with E-state index in [1.165, 1.54) is 32.1 Å². The SMILES string of the molecule is CCCCCCCCOCCOCC(O)CO. The second-order valence-electron chi connectivity index (χ2n) is 4.29. The summed E-state index contributed by atoms with van der Waals surface area (Å²) in [5, 5.41) is 17.5. The molecule has 4 nitrogen and oxygen atoms in total. The van der Waals surface area contributed by atoms with Crippen LogP contribution in [0.3, 0.4) is 0 Å². The standard InChI is InChI=1S/C13H28O4/c1-2-3-4-5-6-7-8-16-9-10-17-12-13(15)11-14/h13-15H,2-12H2,1H3. The fraction of sp³-hybridized carbons (Fsp3) is 1.00. The van der Waals surface area contributed by atoms with Crippen molar-refractivity contribution >= 4 is 0 Å². The first-order valence-electron chi connectivity index (χ1n) is 6.75. The van der Waals surface area contributed by atoms with E-state index < -0.39 is 6.10 Å². The van der Waals surface area contributed by atoms with Crippen LogP contribution in [0, 0.1) is 0 Å². The third kappa shape index (κ3) is 13.8. The Labute approximate surface area is 105 Å². The van der Waals surface area contributed by atoms with E-state index in [4.69, 9.17) is 19.7 Å². The first-order chi connectivity index (χ1) is 8.31. The van der Waals surface area contributed by atoms with E-state index in [-0.39, 0.29) is 13.2 Å². The summed E-state index contributed by atoms with van der Waals surface area (Å²) >= 11 is 0. The Morgan fingerprint density at radius 1 is 0.882 bits per heavy atom. The first-order valence-corrected chi connectivity index (χ1v) is 6.75. The summed E-state index contributed by atoms with van der Waals surface area (Å²) in [6.45, 7) is 3.98. The van der Waals surface area contributed by atoms with Gasteiger partial charge in [-0.3, -0.25) is 0 Å². The van der Waals surface area contributed by atoms with Crippen molar-refractivity contribution in [3.05, 3.63) is 0 Å². The summed E-state index contributed by atoms with van der Waals surface area (Å²) in [6.07, 6.45) is 6.84. The average molecular weight is 248 g/mol. The van der Waals surface area contributed by atoms with Gasteiger partial charge in [-0.15, -0.1) is 0 Å². The molecule has 0 saturated heterocycles. The Hall–Kier alpha value is -0.160. The molecule has 17 heavy (non-hydrogen) atoms. The summed E-state index contributed by atoms with van der Waals surface area (Å²) < 4.78 is 10.5. The van der Waals surface area contributed by atoms with Gasteiger partial charge in [-0.1, -0.05) is 39.0 Å². The lowest BCUT2D eigenvalue weighted by atomic mass is 10.1. The lowest BCUT2D eigenvalue weighted by molar-refractivity contribution is -0.0150. The predicted molar refractivity (Wildman–Crippen MR) is 68.1 cm³/mol. The van der Waals surface area contributed by atoms with Gasteiger partial charge < -0.3 is 19.7 Å². The smallest absolute Gasteiger partial charge is 0.100 e. The number of ether oxygens (including phenoxy) is 2. The van der Waals surface area contributed by atoms with Crippen molar-refractivity contribution in [2.75, 3.05) is 33.0 Å². The van der Waals surface area contributed by atoms with Crippen LogP contribution in [0.25, 0.3) is 0 Å². The highest BCUT2D eigenvalue weighted by molar-refractivity contribution is 4.48. The molecule has 0 radical (unpaired) electrons. The van der Waals surface area contributed by atoms with Crippen LogP contribution < -0.4 is 0 Å². The Balaban J connectivity index is 2.94.